The van der Waals surface area contributed by atoms with E-state index in [1.165, 1.54) is 0 Å². The molecule has 0 bridgehead atoms. The zero-order valence-electron chi connectivity index (χ0n) is 11.7. The number of aromatic amines is 2. The Morgan fingerprint density at radius 3 is 2.91 bits per heavy atom. The van der Waals surface area contributed by atoms with Gasteiger partial charge in [0.05, 0.1) is 17.3 Å². The Morgan fingerprint density at radius 1 is 1.09 bits per heavy atom. The summed E-state index contributed by atoms with van der Waals surface area (Å²) in [4.78, 5) is 12.1. The fourth-order valence-corrected chi connectivity index (χ4v) is 2.26. The molecule has 3 N–H and O–H groups in total. The summed E-state index contributed by atoms with van der Waals surface area (Å²) < 4.78 is 5.26. The zero-order chi connectivity index (χ0) is 14.8. The number of fused-ring (bicyclic) bond motifs is 1. The Bertz CT molecular complexity index is 843. The quantitative estimate of drug-likeness (QED) is 0.526. The van der Waals surface area contributed by atoms with Crippen LogP contribution in [0.25, 0.3) is 22.6 Å². The molecule has 3 aromatic heterocycles. The summed E-state index contributed by atoms with van der Waals surface area (Å²) in [5.41, 5.74) is 1.97. The highest BCUT2D eigenvalue weighted by Gasteiger charge is 2.08. The third-order valence-electron chi connectivity index (χ3n) is 3.32. The second-order valence-corrected chi connectivity index (χ2v) is 4.86. The molecule has 0 aliphatic rings. The van der Waals surface area contributed by atoms with Crippen molar-refractivity contribution in [2.45, 2.75) is 6.42 Å². The lowest BCUT2D eigenvalue weighted by atomic mass is 10.3. The molecule has 4 rings (SSSR count). The molecule has 7 nitrogen and oxygen atoms in total. The van der Waals surface area contributed by atoms with Crippen LogP contribution < -0.4 is 5.32 Å². The van der Waals surface area contributed by atoms with Gasteiger partial charge in [-0.3, -0.25) is 5.10 Å². The third kappa shape index (κ3) is 2.44. The number of H-pyrrole nitrogens is 2. The van der Waals surface area contributed by atoms with Gasteiger partial charge >= 0.3 is 0 Å². The smallest absolute Gasteiger partial charge is 0.216 e. The number of hydrogen-bond acceptors (Lipinski definition) is 5. The minimum atomic E-state index is 0.573. The van der Waals surface area contributed by atoms with E-state index in [1.54, 1.807) is 6.26 Å². The number of nitrogens with one attached hydrogen (secondary N) is 3. The summed E-state index contributed by atoms with van der Waals surface area (Å²) in [6.45, 7) is 0.701. The fourth-order valence-electron chi connectivity index (χ4n) is 2.26. The van der Waals surface area contributed by atoms with Gasteiger partial charge in [0.25, 0.3) is 0 Å². The number of benzene rings is 1. The monoisotopic (exact) mass is 294 g/mol. The molecule has 0 saturated heterocycles. The number of aromatic nitrogens is 5. The number of anilines is 1. The van der Waals surface area contributed by atoms with Gasteiger partial charge in [-0.15, -0.1) is 0 Å². The zero-order valence-corrected chi connectivity index (χ0v) is 11.7. The van der Waals surface area contributed by atoms with Crippen LogP contribution in [0.5, 0.6) is 0 Å². The summed E-state index contributed by atoms with van der Waals surface area (Å²) in [5.74, 6) is 2.79. The number of hydrogen-bond donors (Lipinski definition) is 3. The minimum Gasteiger partial charge on any atom is -0.461 e. The fraction of sp³-hybridized carbons (Fsp3) is 0.133. The van der Waals surface area contributed by atoms with Crippen LogP contribution in [-0.2, 0) is 6.42 Å². The van der Waals surface area contributed by atoms with Gasteiger partial charge in [0.1, 0.15) is 5.82 Å². The van der Waals surface area contributed by atoms with Crippen LogP contribution in [0.1, 0.15) is 5.82 Å². The van der Waals surface area contributed by atoms with Gasteiger partial charge in [-0.05, 0) is 24.3 Å². The van der Waals surface area contributed by atoms with Crippen molar-refractivity contribution in [3.63, 3.8) is 0 Å². The van der Waals surface area contributed by atoms with Crippen molar-refractivity contribution in [2.24, 2.45) is 0 Å². The average Bonchev–Trinajstić information content (AvgIpc) is 3.27. The number of imidazole rings is 1. The van der Waals surface area contributed by atoms with E-state index in [2.05, 4.69) is 30.5 Å². The molecule has 1 aromatic carbocycles. The lowest BCUT2D eigenvalue weighted by Gasteiger charge is -1.99. The number of para-hydroxylation sites is 2. The topological polar surface area (TPSA) is 95.4 Å². The largest absolute Gasteiger partial charge is 0.461 e. The van der Waals surface area contributed by atoms with Gasteiger partial charge in [-0.25, -0.2) is 9.97 Å². The van der Waals surface area contributed by atoms with Crippen LogP contribution in [0.2, 0.25) is 0 Å². The molecule has 3 heterocycles. The molecule has 0 unspecified atom stereocenters. The highest BCUT2D eigenvalue weighted by Crippen LogP contribution is 2.15. The molecule has 4 aromatic rings. The highest BCUT2D eigenvalue weighted by atomic mass is 16.3. The number of nitrogens with zero attached hydrogens (tertiary/aromatic N) is 3. The Kier molecular flexibility index (Phi) is 3.08. The highest BCUT2D eigenvalue weighted by molar-refractivity contribution is 5.77. The molecule has 0 aliphatic heterocycles. The lowest BCUT2D eigenvalue weighted by Crippen LogP contribution is -2.07. The Balaban J connectivity index is 1.38. The molecule has 0 atom stereocenters. The second kappa shape index (κ2) is 5.36. The molecule has 0 spiro atoms. The van der Waals surface area contributed by atoms with Crippen molar-refractivity contribution >= 4 is 17.0 Å². The van der Waals surface area contributed by atoms with E-state index in [0.29, 0.717) is 24.6 Å². The van der Waals surface area contributed by atoms with Gasteiger partial charge in [-0.2, -0.15) is 5.10 Å². The van der Waals surface area contributed by atoms with Crippen molar-refractivity contribution in [3.8, 4) is 11.6 Å². The Morgan fingerprint density at radius 2 is 2.05 bits per heavy atom. The molecular weight excluding hydrogens is 280 g/mol. The van der Waals surface area contributed by atoms with E-state index in [9.17, 15) is 0 Å². The van der Waals surface area contributed by atoms with E-state index in [-0.39, 0.29) is 0 Å². The van der Waals surface area contributed by atoms with Crippen molar-refractivity contribution in [1.29, 1.82) is 0 Å². The predicted octanol–water partition coefficient (Wildman–Crippen LogP) is 2.60. The maximum absolute atomic E-state index is 5.26. The standard InChI is InChI=1S/C15H14N6O/c1-2-5-11-10(4-1)17-15(18-11)16-8-7-13-19-14(21-20-13)12-6-3-9-22-12/h1-6,9H,7-8H2,(H2,16,17,18)(H,19,20,21). The Labute approximate surface area is 125 Å². The van der Waals surface area contributed by atoms with Crippen LogP contribution >= 0.6 is 0 Å². The maximum atomic E-state index is 5.26. The van der Waals surface area contributed by atoms with E-state index in [0.717, 1.165) is 22.8 Å². The van der Waals surface area contributed by atoms with Crippen LogP contribution in [0.4, 0.5) is 5.95 Å². The number of rotatable bonds is 5. The SMILES string of the molecule is c1coc(-c2n[nH]c(CCNc3nc4ccccc4[nH]3)n2)c1. The summed E-state index contributed by atoms with van der Waals surface area (Å²) in [5, 5.41) is 10.3. The lowest BCUT2D eigenvalue weighted by molar-refractivity contribution is 0.577. The van der Waals surface area contributed by atoms with Crippen molar-refractivity contribution in [1.82, 2.24) is 25.1 Å². The van der Waals surface area contributed by atoms with E-state index < -0.39 is 0 Å². The normalized spacial score (nSPS) is 11.1. The van der Waals surface area contributed by atoms with Gasteiger partial charge in [0, 0.05) is 13.0 Å². The molecule has 0 aliphatic carbocycles. The van der Waals surface area contributed by atoms with Crippen LogP contribution in [-0.4, -0.2) is 31.7 Å². The van der Waals surface area contributed by atoms with Crippen LogP contribution in [0.3, 0.4) is 0 Å². The van der Waals surface area contributed by atoms with Crippen LogP contribution in [0, 0.1) is 0 Å². The summed E-state index contributed by atoms with van der Waals surface area (Å²) in [7, 11) is 0. The van der Waals surface area contributed by atoms with Gasteiger partial charge < -0.3 is 14.7 Å². The molecule has 0 fully saturated rings. The first-order valence-electron chi connectivity index (χ1n) is 7.02. The van der Waals surface area contributed by atoms with Crippen LogP contribution in [0.15, 0.2) is 47.1 Å². The molecule has 110 valence electrons. The van der Waals surface area contributed by atoms with Gasteiger partial charge in [0.15, 0.2) is 5.76 Å². The maximum Gasteiger partial charge on any atom is 0.216 e. The minimum absolute atomic E-state index is 0.573. The first-order chi connectivity index (χ1) is 10.9. The molecule has 7 heteroatoms. The van der Waals surface area contributed by atoms with Gasteiger partial charge in [0.2, 0.25) is 11.8 Å². The third-order valence-corrected chi connectivity index (χ3v) is 3.32. The number of furan rings is 1. The summed E-state index contributed by atoms with van der Waals surface area (Å²) in [6, 6.07) is 11.6. The molecule has 0 saturated carbocycles. The summed E-state index contributed by atoms with van der Waals surface area (Å²) in [6.07, 6.45) is 2.32. The van der Waals surface area contributed by atoms with Crippen molar-refractivity contribution in [3.05, 3.63) is 48.5 Å². The van der Waals surface area contributed by atoms with Gasteiger partial charge in [-0.1, -0.05) is 12.1 Å². The first kappa shape index (κ1) is 12.6. The van der Waals surface area contributed by atoms with Crippen molar-refractivity contribution in [2.75, 3.05) is 11.9 Å². The van der Waals surface area contributed by atoms with E-state index in [1.807, 2.05) is 36.4 Å². The van der Waals surface area contributed by atoms with E-state index in [4.69, 9.17) is 4.42 Å². The second-order valence-electron chi connectivity index (χ2n) is 4.86. The molecule has 0 amide bonds. The predicted molar refractivity (Wildman–Crippen MR) is 82.4 cm³/mol. The molecule has 22 heavy (non-hydrogen) atoms. The summed E-state index contributed by atoms with van der Waals surface area (Å²) >= 11 is 0. The van der Waals surface area contributed by atoms with E-state index >= 15 is 0 Å². The molecular formula is C15H14N6O. The average molecular weight is 294 g/mol. The first-order valence-corrected chi connectivity index (χ1v) is 7.02. The Hall–Kier alpha value is -3.09. The van der Waals surface area contributed by atoms with Crippen molar-refractivity contribution < 1.29 is 4.42 Å². The molecule has 0 radical (unpaired) electrons.